The van der Waals surface area contributed by atoms with Crippen molar-refractivity contribution in [1.82, 2.24) is 10.2 Å². The fourth-order valence-corrected chi connectivity index (χ4v) is 4.27. The van der Waals surface area contributed by atoms with Gasteiger partial charge in [0.05, 0.1) is 19.8 Å². The molecule has 7 heteroatoms. The summed E-state index contributed by atoms with van der Waals surface area (Å²) in [5, 5.41) is 3.03. The van der Waals surface area contributed by atoms with Crippen molar-refractivity contribution in [3.05, 3.63) is 47.5 Å². The van der Waals surface area contributed by atoms with Gasteiger partial charge in [-0.15, -0.1) is 0 Å². The summed E-state index contributed by atoms with van der Waals surface area (Å²) in [6, 6.07) is 12.1. The molecule has 1 saturated heterocycles. The summed E-state index contributed by atoms with van der Waals surface area (Å²) in [5.41, 5.74) is 2.17. The number of benzene rings is 2. The molecule has 3 aliphatic heterocycles. The van der Waals surface area contributed by atoms with Gasteiger partial charge < -0.3 is 24.3 Å². The predicted octanol–water partition coefficient (Wildman–Crippen LogP) is 3.03. The summed E-state index contributed by atoms with van der Waals surface area (Å²) in [4.78, 5) is 14.9. The van der Waals surface area contributed by atoms with E-state index in [1.807, 2.05) is 24.3 Å². The largest absolute Gasteiger partial charge is 0.490 e. The van der Waals surface area contributed by atoms with Crippen LogP contribution in [0.1, 0.15) is 36.4 Å². The van der Waals surface area contributed by atoms with Gasteiger partial charge in [-0.25, -0.2) is 0 Å². The summed E-state index contributed by atoms with van der Waals surface area (Å²) in [6.45, 7) is 3.37. The molecule has 1 atom stereocenters. The second-order valence-electron chi connectivity index (χ2n) is 7.85. The highest BCUT2D eigenvalue weighted by molar-refractivity contribution is 5.78. The monoisotopic (exact) mass is 410 g/mol. The second kappa shape index (κ2) is 8.44. The first-order valence-electron chi connectivity index (χ1n) is 10.5. The third-order valence-corrected chi connectivity index (χ3v) is 5.79. The van der Waals surface area contributed by atoms with E-state index in [9.17, 15) is 4.79 Å². The smallest absolute Gasteiger partial charge is 0.234 e. The summed E-state index contributed by atoms with van der Waals surface area (Å²) in [5.74, 6) is 3.12. The highest BCUT2D eigenvalue weighted by Crippen LogP contribution is 2.37. The molecule has 1 amide bonds. The third kappa shape index (κ3) is 4.03. The minimum atomic E-state index is 0.0221. The van der Waals surface area contributed by atoms with Gasteiger partial charge in [-0.1, -0.05) is 12.1 Å². The van der Waals surface area contributed by atoms with Gasteiger partial charge in [0.2, 0.25) is 12.7 Å². The van der Waals surface area contributed by atoms with Crippen LogP contribution >= 0.6 is 0 Å². The lowest BCUT2D eigenvalue weighted by molar-refractivity contribution is -0.122. The molecule has 0 aliphatic carbocycles. The Hall–Kier alpha value is -2.93. The number of nitrogens with zero attached hydrogens (tertiary/aromatic N) is 1. The normalized spacial score (nSPS) is 20.1. The summed E-state index contributed by atoms with van der Waals surface area (Å²) >= 11 is 0. The van der Waals surface area contributed by atoms with Gasteiger partial charge in [0.25, 0.3) is 0 Å². The molecule has 1 fully saturated rings. The Bertz CT molecular complexity index is 932. The third-order valence-electron chi connectivity index (χ3n) is 5.79. The lowest BCUT2D eigenvalue weighted by Crippen LogP contribution is -2.36. The van der Waals surface area contributed by atoms with Crippen molar-refractivity contribution in [3.63, 3.8) is 0 Å². The quantitative estimate of drug-likeness (QED) is 0.817. The van der Waals surface area contributed by atoms with Crippen molar-refractivity contribution in [2.45, 2.75) is 31.8 Å². The SMILES string of the molecule is O=C(CN1CCCC1c1ccc2c(c1)OCCCO2)NCc1ccc2c(c1)OCO2. The Balaban J connectivity index is 1.20. The van der Waals surface area contributed by atoms with Gasteiger partial charge in [0.1, 0.15) is 0 Å². The average molecular weight is 410 g/mol. The maximum absolute atomic E-state index is 12.6. The van der Waals surface area contributed by atoms with E-state index in [1.165, 1.54) is 5.56 Å². The van der Waals surface area contributed by atoms with Gasteiger partial charge >= 0.3 is 0 Å². The maximum Gasteiger partial charge on any atom is 0.234 e. The van der Waals surface area contributed by atoms with Gasteiger partial charge in [-0.05, 0) is 54.8 Å². The number of hydrogen-bond acceptors (Lipinski definition) is 6. The molecule has 0 bridgehead atoms. The van der Waals surface area contributed by atoms with Crippen molar-refractivity contribution in [1.29, 1.82) is 0 Å². The average Bonchev–Trinajstić information content (AvgIpc) is 3.35. The van der Waals surface area contributed by atoms with Gasteiger partial charge in [-0.3, -0.25) is 9.69 Å². The van der Waals surface area contributed by atoms with E-state index in [4.69, 9.17) is 18.9 Å². The number of likely N-dealkylation sites (tertiary alicyclic amines) is 1. The number of carbonyl (C=O) groups excluding carboxylic acids is 1. The van der Waals surface area contributed by atoms with Gasteiger partial charge in [0.15, 0.2) is 23.0 Å². The standard InChI is InChI=1S/C23H26N2O5/c26-23(24-13-16-4-6-20-21(11-16)30-15-29-20)14-25-8-1-3-18(25)17-5-7-19-22(12-17)28-10-2-9-27-19/h4-7,11-12,18H,1-3,8-10,13-15H2,(H,24,26). The van der Waals surface area contributed by atoms with E-state index >= 15 is 0 Å². The van der Waals surface area contributed by atoms with Crippen LogP contribution in [0.15, 0.2) is 36.4 Å². The molecular formula is C23H26N2O5. The molecule has 30 heavy (non-hydrogen) atoms. The predicted molar refractivity (Wildman–Crippen MR) is 110 cm³/mol. The lowest BCUT2D eigenvalue weighted by Gasteiger charge is -2.25. The van der Waals surface area contributed by atoms with E-state index < -0.39 is 0 Å². The molecule has 7 nitrogen and oxygen atoms in total. The number of hydrogen-bond donors (Lipinski definition) is 1. The molecule has 2 aromatic carbocycles. The number of nitrogens with one attached hydrogen (secondary N) is 1. The van der Waals surface area contributed by atoms with Crippen LogP contribution in [0.25, 0.3) is 0 Å². The minimum Gasteiger partial charge on any atom is -0.490 e. The van der Waals surface area contributed by atoms with Crippen LogP contribution in [0.3, 0.4) is 0 Å². The highest BCUT2D eigenvalue weighted by atomic mass is 16.7. The highest BCUT2D eigenvalue weighted by Gasteiger charge is 2.28. The summed E-state index contributed by atoms with van der Waals surface area (Å²) in [6.07, 6.45) is 3.01. The van der Waals surface area contributed by atoms with Crippen LogP contribution in [0.4, 0.5) is 0 Å². The molecule has 158 valence electrons. The Labute approximate surface area is 175 Å². The first-order chi connectivity index (χ1) is 14.8. The number of ether oxygens (including phenoxy) is 4. The van der Waals surface area contributed by atoms with Crippen LogP contribution in [-0.4, -0.2) is 43.9 Å². The maximum atomic E-state index is 12.6. The van der Waals surface area contributed by atoms with Crippen molar-refractivity contribution < 1.29 is 23.7 Å². The molecule has 5 rings (SSSR count). The topological polar surface area (TPSA) is 69.3 Å². The molecule has 0 saturated carbocycles. The Kier molecular flexibility index (Phi) is 5.36. The second-order valence-corrected chi connectivity index (χ2v) is 7.85. The number of fused-ring (bicyclic) bond motifs is 2. The van der Waals surface area contributed by atoms with E-state index in [2.05, 4.69) is 22.3 Å². The summed E-state index contributed by atoms with van der Waals surface area (Å²) < 4.78 is 22.3. The zero-order valence-electron chi connectivity index (χ0n) is 16.9. The molecule has 0 spiro atoms. The number of rotatable bonds is 5. The molecular weight excluding hydrogens is 384 g/mol. The molecule has 0 aromatic heterocycles. The van der Waals surface area contributed by atoms with Crippen LogP contribution in [0.2, 0.25) is 0 Å². The van der Waals surface area contributed by atoms with Gasteiger partial charge in [0, 0.05) is 19.0 Å². The Morgan fingerprint density at radius 3 is 2.63 bits per heavy atom. The lowest BCUT2D eigenvalue weighted by atomic mass is 10.0. The van der Waals surface area contributed by atoms with Crippen LogP contribution in [0, 0.1) is 0 Å². The Morgan fingerprint density at radius 1 is 0.933 bits per heavy atom. The van der Waals surface area contributed by atoms with Crippen LogP contribution in [0.5, 0.6) is 23.0 Å². The van der Waals surface area contributed by atoms with E-state index in [-0.39, 0.29) is 18.7 Å². The van der Waals surface area contributed by atoms with E-state index in [0.717, 1.165) is 54.4 Å². The molecule has 2 aromatic rings. The zero-order valence-corrected chi connectivity index (χ0v) is 16.9. The molecule has 1 N–H and O–H groups in total. The zero-order chi connectivity index (χ0) is 20.3. The fraction of sp³-hybridized carbons (Fsp3) is 0.435. The van der Waals surface area contributed by atoms with Crippen molar-refractivity contribution in [3.8, 4) is 23.0 Å². The first kappa shape index (κ1) is 19.1. The first-order valence-corrected chi connectivity index (χ1v) is 10.5. The van der Waals surface area contributed by atoms with Crippen LogP contribution in [-0.2, 0) is 11.3 Å². The van der Waals surface area contributed by atoms with Crippen LogP contribution < -0.4 is 24.3 Å². The molecule has 0 radical (unpaired) electrons. The Morgan fingerprint density at radius 2 is 1.70 bits per heavy atom. The molecule has 1 unspecified atom stereocenters. The minimum absolute atomic E-state index is 0.0221. The fourth-order valence-electron chi connectivity index (χ4n) is 4.27. The van der Waals surface area contributed by atoms with E-state index in [0.29, 0.717) is 26.3 Å². The summed E-state index contributed by atoms with van der Waals surface area (Å²) in [7, 11) is 0. The van der Waals surface area contributed by atoms with Crippen molar-refractivity contribution in [2.24, 2.45) is 0 Å². The van der Waals surface area contributed by atoms with Crippen molar-refractivity contribution >= 4 is 5.91 Å². The van der Waals surface area contributed by atoms with Gasteiger partial charge in [-0.2, -0.15) is 0 Å². The van der Waals surface area contributed by atoms with E-state index in [1.54, 1.807) is 0 Å². The molecule has 3 aliphatic rings. The molecule has 3 heterocycles. The number of carbonyl (C=O) groups is 1. The van der Waals surface area contributed by atoms with Crippen molar-refractivity contribution in [2.75, 3.05) is 33.1 Å². The number of amides is 1.